The summed E-state index contributed by atoms with van der Waals surface area (Å²) in [5, 5.41) is 0. The Morgan fingerprint density at radius 2 is 1.83 bits per heavy atom. The maximum Gasteiger partial charge on any atom is 0.171 e. The van der Waals surface area contributed by atoms with Crippen LogP contribution in [-0.2, 0) is 20.7 Å². The number of ether oxygens (including phenoxy) is 2. The molecule has 0 N–H and O–H groups in total. The molecule has 0 bridgehead atoms. The first-order valence-corrected chi connectivity index (χ1v) is 9.11. The lowest BCUT2D eigenvalue weighted by Gasteiger charge is -2.52. The summed E-state index contributed by atoms with van der Waals surface area (Å²) in [6, 6.07) is 10.3. The minimum absolute atomic E-state index is 0.247. The van der Waals surface area contributed by atoms with Crippen molar-refractivity contribution in [1.82, 2.24) is 0 Å². The van der Waals surface area contributed by atoms with Crippen LogP contribution in [0.4, 0.5) is 0 Å². The molecule has 24 heavy (non-hydrogen) atoms. The second kappa shape index (κ2) is 5.82. The third kappa shape index (κ3) is 2.37. The smallest absolute Gasteiger partial charge is 0.171 e. The highest BCUT2D eigenvalue weighted by atomic mass is 16.7. The molecule has 1 aromatic carbocycles. The predicted molar refractivity (Wildman–Crippen MR) is 92.5 cm³/mol. The molecule has 1 heterocycles. The van der Waals surface area contributed by atoms with Gasteiger partial charge >= 0.3 is 0 Å². The monoisotopic (exact) mass is 326 g/mol. The Balaban J connectivity index is 1.60. The number of Topliss-reactive ketones (excluding diaryl/α,β-unsaturated/α-hetero) is 1. The van der Waals surface area contributed by atoms with Gasteiger partial charge < -0.3 is 9.47 Å². The van der Waals surface area contributed by atoms with Gasteiger partial charge in [-0.15, -0.1) is 0 Å². The molecule has 1 saturated carbocycles. The number of carbonyl (C=O) groups excluding carboxylic acids is 1. The van der Waals surface area contributed by atoms with Crippen LogP contribution < -0.4 is 0 Å². The van der Waals surface area contributed by atoms with Gasteiger partial charge in [0.15, 0.2) is 11.6 Å². The van der Waals surface area contributed by atoms with E-state index < -0.39 is 5.79 Å². The van der Waals surface area contributed by atoms with Crippen molar-refractivity contribution in [3.8, 4) is 0 Å². The average Bonchev–Trinajstić information content (AvgIpc) is 3.07. The number of hydrogen-bond donors (Lipinski definition) is 0. The first-order chi connectivity index (χ1) is 11.6. The Labute approximate surface area is 144 Å². The van der Waals surface area contributed by atoms with Gasteiger partial charge in [0.05, 0.1) is 13.2 Å². The molecule has 0 amide bonds. The number of ketones is 1. The fourth-order valence-corrected chi connectivity index (χ4v) is 5.03. The van der Waals surface area contributed by atoms with Crippen molar-refractivity contribution in [2.24, 2.45) is 17.3 Å². The number of fused-ring (bicyclic) bond motifs is 1. The van der Waals surface area contributed by atoms with Crippen molar-refractivity contribution in [3.63, 3.8) is 0 Å². The van der Waals surface area contributed by atoms with E-state index in [1.54, 1.807) is 0 Å². The van der Waals surface area contributed by atoms with E-state index >= 15 is 0 Å². The fraction of sp³-hybridized carbons (Fsp3) is 0.571. The van der Waals surface area contributed by atoms with E-state index in [1.165, 1.54) is 5.56 Å². The standard InChI is InChI=1S/C21H26O3/c1-15-18-9-8-17(14-16-6-4-3-5-7-16)19(22)20(18,2)10-11-21(15)23-12-13-24-21/h3-8,15,18H,9-14H2,1-2H3/t15-,18-,20-/m1/s1. The quantitative estimate of drug-likeness (QED) is 0.826. The van der Waals surface area contributed by atoms with Crippen molar-refractivity contribution < 1.29 is 14.3 Å². The highest BCUT2D eigenvalue weighted by Gasteiger charge is 2.58. The Morgan fingerprint density at radius 1 is 1.12 bits per heavy atom. The van der Waals surface area contributed by atoms with Crippen LogP contribution >= 0.6 is 0 Å². The molecule has 0 radical (unpaired) electrons. The SMILES string of the molecule is C[C@@H]1[C@H]2CC=C(Cc3ccccc3)C(=O)[C@]2(C)CCC12OCCO2. The second-order valence-corrected chi connectivity index (χ2v) is 7.78. The largest absolute Gasteiger partial charge is 0.347 e. The topological polar surface area (TPSA) is 35.5 Å². The van der Waals surface area contributed by atoms with Gasteiger partial charge in [-0.05, 0) is 29.9 Å². The summed E-state index contributed by atoms with van der Waals surface area (Å²) in [7, 11) is 0. The third-order valence-corrected chi connectivity index (χ3v) is 6.55. The maximum atomic E-state index is 13.3. The zero-order chi connectivity index (χ0) is 16.8. The fourth-order valence-electron chi connectivity index (χ4n) is 5.03. The van der Waals surface area contributed by atoms with E-state index in [1.807, 2.05) is 18.2 Å². The second-order valence-electron chi connectivity index (χ2n) is 7.78. The summed E-state index contributed by atoms with van der Waals surface area (Å²) in [5.41, 5.74) is 1.91. The first-order valence-electron chi connectivity index (χ1n) is 9.11. The Kier molecular flexibility index (Phi) is 3.89. The molecule has 2 aliphatic carbocycles. The summed E-state index contributed by atoms with van der Waals surface area (Å²) >= 11 is 0. The zero-order valence-corrected chi connectivity index (χ0v) is 14.6. The molecule has 1 aromatic rings. The van der Waals surface area contributed by atoms with Gasteiger partial charge in [0.2, 0.25) is 0 Å². The van der Waals surface area contributed by atoms with Gasteiger partial charge in [-0.3, -0.25) is 4.79 Å². The molecule has 4 rings (SSSR count). The van der Waals surface area contributed by atoms with Crippen molar-refractivity contribution in [2.75, 3.05) is 13.2 Å². The maximum absolute atomic E-state index is 13.3. The summed E-state index contributed by atoms with van der Waals surface area (Å²) in [5.74, 6) is 0.436. The van der Waals surface area contributed by atoms with E-state index in [0.717, 1.165) is 31.3 Å². The number of hydrogen-bond acceptors (Lipinski definition) is 3. The lowest BCUT2D eigenvalue weighted by atomic mass is 9.55. The van der Waals surface area contributed by atoms with Gasteiger partial charge in [0, 0.05) is 24.2 Å². The van der Waals surface area contributed by atoms with Gasteiger partial charge in [0.1, 0.15) is 0 Å². The van der Waals surface area contributed by atoms with Crippen LogP contribution in [0.5, 0.6) is 0 Å². The highest BCUT2D eigenvalue weighted by molar-refractivity contribution is 6.01. The minimum Gasteiger partial charge on any atom is -0.347 e. The highest BCUT2D eigenvalue weighted by Crippen LogP contribution is 2.56. The summed E-state index contributed by atoms with van der Waals surface area (Å²) in [6.45, 7) is 5.72. The summed E-state index contributed by atoms with van der Waals surface area (Å²) in [6.07, 6.45) is 5.54. The molecule has 0 unspecified atom stereocenters. The number of benzene rings is 1. The zero-order valence-electron chi connectivity index (χ0n) is 14.6. The minimum atomic E-state index is -0.449. The molecule has 1 aliphatic heterocycles. The summed E-state index contributed by atoms with van der Waals surface area (Å²) < 4.78 is 12.0. The van der Waals surface area contributed by atoms with Crippen LogP contribution in [0.1, 0.15) is 38.7 Å². The van der Waals surface area contributed by atoms with Crippen LogP contribution in [0.15, 0.2) is 42.0 Å². The van der Waals surface area contributed by atoms with Gasteiger partial charge in [-0.1, -0.05) is 50.3 Å². The predicted octanol–water partition coefficient (Wildman–Crippen LogP) is 3.92. The van der Waals surface area contributed by atoms with Crippen LogP contribution in [0.25, 0.3) is 0 Å². The van der Waals surface area contributed by atoms with Crippen LogP contribution in [0.3, 0.4) is 0 Å². The number of allylic oxidation sites excluding steroid dienone is 2. The molecule has 1 spiro atoms. The van der Waals surface area contributed by atoms with Crippen LogP contribution in [0, 0.1) is 17.3 Å². The number of rotatable bonds is 2. The molecule has 3 nitrogen and oxygen atoms in total. The Hall–Kier alpha value is -1.45. The van der Waals surface area contributed by atoms with Gasteiger partial charge in [-0.2, -0.15) is 0 Å². The molecular weight excluding hydrogens is 300 g/mol. The van der Waals surface area contributed by atoms with Gasteiger partial charge in [0.25, 0.3) is 0 Å². The third-order valence-electron chi connectivity index (χ3n) is 6.55. The van der Waals surface area contributed by atoms with E-state index in [-0.39, 0.29) is 11.3 Å². The number of carbonyl (C=O) groups is 1. The molecule has 0 aromatic heterocycles. The van der Waals surface area contributed by atoms with E-state index in [2.05, 4.69) is 32.1 Å². The lowest BCUT2D eigenvalue weighted by Crippen LogP contribution is -2.55. The molecule has 3 heteroatoms. The van der Waals surface area contributed by atoms with Gasteiger partial charge in [-0.25, -0.2) is 0 Å². The van der Waals surface area contributed by atoms with E-state index in [9.17, 15) is 4.79 Å². The van der Waals surface area contributed by atoms with Crippen molar-refractivity contribution in [2.45, 2.75) is 45.3 Å². The molecule has 128 valence electrons. The van der Waals surface area contributed by atoms with Crippen molar-refractivity contribution in [3.05, 3.63) is 47.5 Å². The van der Waals surface area contributed by atoms with E-state index in [4.69, 9.17) is 9.47 Å². The Bertz CT molecular complexity index is 657. The first kappa shape index (κ1) is 16.0. The van der Waals surface area contributed by atoms with Crippen LogP contribution in [-0.4, -0.2) is 24.8 Å². The Morgan fingerprint density at radius 3 is 2.54 bits per heavy atom. The molecule has 2 fully saturated rings. The molecular formula is C21H26O3. The van der Waals surface area contributed by atoms with Crippen molar-refractivity contribution >= 4 is 5.78 Å². The molecule has 3 aliphatic rings. The average molecular weight is 326 g/mol. The van der Waals surface area contributed by atoms with Crippen LogP contribution in [0.2, 0.25) is 0 Å². The van der Waals surface area contributed by atoms with Crippen molar-refractivity contribution in [1.29, 1.82) is 0 Å². The summed E-state index contributed by atoms with van der Waals surface area (Å²) in [4.78, 5) is 13.3. The molecule has 1 saturated heterocycles. The lowest BCUT2D eigenvalue weighted by molar-refractivity contribution is -0.239. The molecule has 3 atom stereocenters. The van der Waals surface area contributed by atoms with E-state index in [0.29, 0.717) is 24.9 Å². The normalized spacial score (nSPS) is 34.9.